The minimum Gasteiger partial charge on any atom is -0.385 e. The lowest BCUT2D eigenvalue weighted by Crippen LogP contribution is -2.20. The van der Waals surface area contributed by atoms with Gasteiger partial charge in [0.2, 0.25) is 0 Å². The maximum Gasteiger partial charge on any atom is 0.179 e. The van der Waals surface area contributed by atoms with E-state index in [1.807, 2.05) is 6.07 Å². The summed E-state index contributed by atoms with van der Waals surface area (Å²) >= 11 is 0. The number of hydrogen-bond donors (Lipinski definition) is 0. The van der Waals surface area contributed by atoms with Crippen LogP contribution in [0.5, 0.6) is 0 Å². The fraction of sp³-hybridized carbons (Fsp3) is 0.462. The van der Waals surface area contributed by atoms with Crippen molar-refractivity contribution >= 4 is 19.7 Å². The highest BCUT2D eigenvalue weighted by atomic mass is 32.2. The standard InChI is InChI=1S/C13H17NO5S2/c1-19-7-2-8-20(15,16)9-10-21(17,18)13-5-3-12(11-14)4-6-13/h3-6H,2,7-10H2,1H3. The number of sulfone groups is 2. The molecular weight excluding hydrogens is 314 g/mol. The molecule has 0 radical (unpaired) electrons. The third kappa shape index (κ3) is 5.83. The molecule has 6 nitrogen and oxygen atoms in total. The fourth-order valence-electron chi connectivity index (χ4n) is 1.62. The lowest BCUT2D eigenvalue weighted by Gasteiger charge is -2.06. The Hall–Kier alpha value is -1.43. The van der Waals surface area contributed by atoms with E-state index in [4.69, 9.17) is 10.00 Å². The Morgan fingerprint density at radius 2 is 1.67 bits per heavy atom. The zero-order valence-electron chi connectivity index (χ0n) is 11.6. The van der Waals surface area contributed by atoms with Crippen LogP contribution in [0.2, 0.25) is 0 Å². The molecule has 0 amide bonds. The molecule has 0 aromatic heterocycles. The number of ether oxygens (including phenoxy) is 1. The number of nitrogens with zero attached hydrogens (tertiary/aromatic N) is 1. The Labute approximate surface area is 125 Å². The van der Waals surface area contributed by atoms with Gasteiger partial charge in [0.25, 0.3) is 0 Å². The van der Waals surface area contributed by atoms with Gasteiger partial charge in [-0.1, -0.05) is 0 Å². The second kappa shape index (κ2) is 7.54. The highest BCUT2D eigenvalue weighted by molar-refractivity contribution is 7.95. The van der Waals surface area contributed by atoms with Crippen molar-refractivity contribution in [1.29, 1.82) is 5.26 Å². The van der Waals surface area contributed by atoms with Crippen molar-refractivity contribution in [2.24, 2.45) is 0 Å². The first-order chi connectivity index (χ1) is 9.80. The molecule has 0 unspecified atom stereocenters. The summed E-state index contributed by atoms with van der Waals surface area (Å²) in [4.78, 5) is 0.0218. The summed E-state index contributed by atoms with van der Waals surface area (Å²) in [6.07, 6.45) is 0.343. The van der Waals surface area contributed by atoms with Crippen LogP contribution < -0.4 is 0 Å². The molecule has 0 bridgehead atoms. The van der Waals surface area contributed by atoms with Crippen LogP contribution in [0.3, 0.4) is 0 Å². The molecule has 0 fully saturated rings. The Bertz CT molecular complexity index is 700. The predicted molar refractivity (Wildman–Crippen MR) is 78.4 cm³/mol. The van der Waals surface area contributed by atoms with Gasteiger partial charge in [0.15, 0.2) is 19.7 Å². The molecule has 21 heavy (non-hydrogen) atoms. The summed E-state index contributed by atoms with van der Waals surface area (Å²) in [5, 5.41) is 8.66. The quantitative estimate of drug-likeness (QED) is 0.653. The number of rotatable bonds is 8. The number of nitriles is 1. The fourth-order valence-corrected chi connectivity index (χ4v) is 5.06. The van der Waals surface area contributed by atoms with Crippen LogP contribution in [-0.2, 0) is 24.4 Å². The van der Waals surface area contributed by atoms with Crippen molar-refractivity contribution in [1.82, 2.24) is 0 Å². The molecule has 8 heteroatoms. The molecule has 1 rings (SSSR count). The molecule has 0 atom stereocenters. The molecule has 0 saturated carbocycles. The molecular formula is C13H17NO5S2. The largest absolute Gasteiger partial charge is 0.385 e. The van der Waals surface area contributed by atoms with Gasteiger partial charge in [-0.2, -0.15) is 5.26 Å². The van der Waals surface area contributed by atoms with Gasteiger partial charge < -0.3 is 4.74 Å². The first kappa shape index (κ1) is 17.6. The van der Waals surface area contributed by atoms with Gasteiger partial charge >= 0.3 is 0 Å². The zero-order valence-corrected chi connectivity index (χ0v) is 13.3. The average molecular weight is 331 g/mol. The molecule has 0 aliphatic carbocycles. The van der Waals surface area contributed by atoms with Crippen molar-refractivity contribution < 1.29 is 21.6 Å². The lowest BCUT2D eigenvalue weighted by molar-refractivity contribution is 0.199. The van der Waals surface area contributed by atoms with Gasteiger partial charge in [-0.25, -0.2) is 16.8 Å². The zero-order chi connectivity index (χ0) is 15.9. The van der Waals surface area contributed by atoms with E-state index >= 15 is 0 Å². The van der Waals surface area contributed by atoms with Crippen molar-refractivity contribution in [2.45, 2.75) is 11.3 Å². The third-order valence-electron chi connectivity index (χ3n) is 2.81. The predicted octanol–water partition coefficient (Wildman–Crippen LogP) is 0.783. The summed E-state index contributed by atoms with van der Waals surface area (Å²) < 4.78 is 52.3. The van der Waals surface area contributed by atoms with Crippen LogP contribution in [-0.4, -0.2) is 47.8 Å². The maximum atomic E-state index is 12.0. The van der Waals surface area contributed by atoms with Crippen LogP contribution in [0.25, 0.3) is 0 Å². The third-order valence-corrected chi connectivity index (χ3v) is 6.54. The number of benzene rings is 1. The monoisotopic (exact) mass is 331 g/mol. The highest BCUT2D eigenvalue weighted by Crippen LogP contribution is 2.13. The van der Waals surface area contributed by atoms with Gasteiger partial charge in [-0.05, 0) is 30.7 Å². The topological polar surface area (TPSA) is 101 Å². The normalized spacial score (nSPS) is 12.0. The van der Waals surface area contributed by atoms with Crippen LogP contribution in [0.1, 0.15) is 12.0 Å². The van der Waals surface area contributed by atoms with Gasteiger partial charge in [-0.15, -0.1) is 0 Å². The van der Waals surface area contributed by atoms with E-state index in [1.54, 1.807) is 0 Å². The molecule has 1 aromatic rings. The van der Waals surface area contributed by atoms with Crippen LogP contribution in [0.4, 0.5) is 0 Å². The first-order valence-corrected chi connectivity index (χ1v) is 9.70. The van der Waals surface area contributed by atoms with Gasteiger partial charge in [-0.3, -0.25) is 0 Å². The summed E-state index contributed by atoms with van der Waals surface area (Å²) in [6, 6.07) is 7.29. The molecule has 0 spiro atoms. The Morgan fingerprint density at radius 3 is 2.19 bits per heavy atom. The van der Waals surface area contributed by atoms with E-state index < -0.39 is 31.2 Å². The van der Waals surface area contributed by atoms with E-state index in [-0.39, 0.29) is 10.6 Å². The van der Waals surface area contributed by atoms with Gasteiger partial charge in [0.1, 0.15) is 0 Å². The van der Waals surface area contributed by atoms with Crippen LogP contribution in [0, 0.1) is 11.3 Å². The summed E-state index contributed by atoms with van der Waals surface area (Å²) in [7, 11) is -5.61. The van der Waals surface area contributed by atoms with E-state index in [1.165, 1.54) is 31.4 Å². The minimum atomic E-state index is -3.67. The number of hydrogen-bond acceptors (Lipinski definition) is 6. The van der Waals surface area contributed by atoms with E-state index in [0.717, 1.165) is 0 Å². The van der Waals surface area contributed by atoms with E-state index in [2.05, 4.69) is 0 Å². The molecule has 1 aromatic carbocycles. The molecule has 0 aliphatic rings. The first-order valence-electron chi connectivity index (χ1n) is 6.23. The van der Waals surface area contributed by atoms with Crippen molar-refractivity contribution in [3.05, 3.63) is 29.8 Å². The Morgan fingerprint density at radius 1 is 1.05 bits per heavy atom. The Balaban J connectivity index is 2.70. The minimum absolute atomic E-state index is 0.0218. The second-order valence-electron chi connectivity index (χ2n) is 4.45. The second-order valence-corrected chi connectivity index (χ2v) is 8.87. The molecule has 0 N–H and O–H groups in total. The van der Waals surface area contributed by atoms with Gasteiger partial charge in [0.05, 0.1) is 33.8 Å². The molecule has 0 aliphatic heterocycles. The SMILES string of the molecule is COCCCS(=O)(=O)CCS(=O)(=O)c1ccc(C#N)cc1. The summed E-state index contributed by atoms with van der Waals surface area (Å²) in [6.45, 7) is 0.321. The van der Waals surface area contributed by atoms with Crippen LogP contribution in [0.15, 0.2) is 29.2 Å². The van der Waals surface area contributed by atoms with Crippen molar-refractivity contribution in [2.75, 3.05) is 31.0 Å². The number of methoxy groups -OCH3 is 1. The molecule has 0 saturated heterocycles. The summed E-state index contributed by atoms with van der Waals surface area (Å²) in [5.41, 5.74) is 0.348. The summed E-state index contributed by atoms with van der Waals surface area (Å²) in [5.74, 6) is -0.975. The smallest absolute Gasteiger partial charge is 0.179 e. The van der Waals surface area contributed by atoms with Crippen LogP contribution >= 0.6 is 0 Å². The van der Waals surface area contributed by atoms with E-state index in [0.29, 0.717) is 18.6 Å². The van der Waals surface area contributed by atoms with Crippen molar-refractivity contribution in [3.63, 3.8) is 0 Å². The Kier molecular flexibility index (Phi) is 6.33. The van der Waals surface area contributed by atoms with Gasteiger partial charge in [0, 0.05) is 13.7 Å². The molecule has 0 heterocycles. The lowest BCUT2D eigenvalue weighted by atomic mass is 10.2. The average Bonchev–Trinajstić information content (AvgIpc) is 2.46. The van der Waals surface area contributed by atoms with Crippen molar-refractivity contribution in [3.8, 4) is 6.07 Å². The highest BCUT2D eigenvalue weighted by Gasteiger charge is 2.19. The maximum absolute atomic E-state index is 12.0. The van der Waals surface area contributed by atoms with E-state index in [9.17, 15) is 16.8 Å². The molecule has 116 valence electrons.